The van der Waals surface area contributed by atoms with E-state index in [-0.39, 0.29) is 23.4 Å². The number of nitro groups is 1. The van der Waals surface area contributed by atoms with Crippen LogP contribution in [-0.4, -0.2) is 22.2 Å². The number of nitrogens with one attached hydrogen (secondary N) is 2. The van der Waals surface area contributed by atoms with E-state index < -0.39 is 22.9 Å². The first-order valence-electron chi connectivity index (χ1n) is 7.62. The molecule has 0 fully saturated rings. The molecule has 1 aromatic heterocycles. The third kappa shape index (κ3) is 4.17. The number of H-pyrrole nitrogens is 1. The summed E-state index contributed by atoms with van der Waals surface area (Å²) in [5.74, 6) is -1.01. The Bertz CT molecular complexity index is 1010. The topological polar surface area (TPSA) is 97.3 Å². The van der Waals surface area contributed by atoms with E-state index >= 15 is 0 Å². The van der Waals surface area contributed by atoms with Gasteiger partial charge in [0.25, 0.3) is 11.6 Å². The lowest BCUT2D eigenvalue weighted by molar-refractivity contribution is -0.384. The largest absolute Gasteiger partial charge is 0.573 e. The summed E-state index contributed by atoms with van der Waals surface area (Å²) in [6, 6.07) is 9.44. The lowest BCUT2D eigenvalue weighted by Crippen LogP contribution is -2.24. The van der Waals surface area contributed by atoms with Crippen LogP contribution in [0.5, 0.6) is 5.75 Å². The number of carbonyl (C=O) groups excluding carboxylic acids is 1. The summed E-state index contributed by atoms with van der Waals surface area (Å²) in [7, 11) is 0. The highest BCUT2D eigenvalue weighted by Crippen LogP contribution is 2.27. The molecule has 10 heteroatoms. The first-order valence-corrected chi connectivity index (χ1v) is 7.62. The van der Waals surface area contributed by atoms with Gasteiger partial charge in [-0.25, -0.2) is 0 Å². The Morgan fingerprint density at radius 1 is 1.22 bits per heavy atom. The molecule has 1 amide bonds. The zero-order valence-electron chi connectivity index (χ0n) is 13.5. The second-order valence-corrected chi connectivity index (χ2v) is 5.53. The molecule has 2 aromatic carbocycles. The van der Waals surface area contributed by atoms with Crippen molar-refractivity contribution < 1.29 is 27.6 Å². The second kappa shape index (κ2) is 6.98. The molecule has 1 heterocycles. The molecular weight excluding hydrogens is 367 g/mol. The van der Waals surface area contributed by atoms with Crippen molar-refractivity contribution in [1.29, 1.82) is 0 Å². The molecule has 0 atom stereocenters. The number of aromatic amines is 1. The van der Waals surface area contributed by atoms with Crippen molar-refractivity contribution in [3.63, 3.8) is 0 Å². The Hall–Kier alpha value is -3.56. The lowest BCUT2D eigenvalue weighted by atomic mass is 10.1. The molecule has 0 radical (unpaired) electrons. The predicted molar refractivity (Wildman–Crippen MR) is 89.2 cm³/mol. The van der Waals surface area contributed by atoms with Crippen LogP contribution in [0.15, 0.2) is 48.7 Å². The van der Waals surface area contributed by atoms with Crippen LogP contribution >= 0.6 is 0 Å². The maximum absolute atomic E-state index is 12.5. The summed E-state index contributed by atoms with van der Waals surface area (Å²) in [6.45, 7) is -0.216. The number of rotatable bonds is 5. The maximum atomic E-state index is 12.5. The Morgan fingerprint density at radius 2 is 1.96 bits per heavy atom. The quantitative estimate of drug-likeness (QED) is 0.519. The van der Waals surface area contributed by atoms with Gasteiger partial charge in [-0.1, -0.05) is 18.2 Å². The smallest absolute Gasteiger partial charge is 0.405 e. The lowest BCUT2D eigenvalue weighted by Gasteiger charge is -2.13. The van der Waals surface area contributed by atoms with Crippen molar-refractivity contribution in [3.8, 4) is 5.75 Å². The van der Waals surface area contributed by atoms with Crippen LogP contribution in [0.4, 0.5) is 18.9 Å². The van der Waals surface area contributed by atoms with Crippen LogP contribution in [0.1, 0.15) is 15.9 Å². The average molecular weight is 379 g/mol. The highest BCUT2D eigenvalue weighted by molar-refractivity contribution is 6.07. The molecule has 0 spiro atoms. The SMILES string of the molecule is O=C(NCc1ccccc1OC(F)(F)F)c1c[nH]c2ccc([N+](=O)[O-])cc12. The van der Waals surface area contributed by atoms with Gasteiger partial charge in [0.05, 0.1) is 10.5 Å². The fourth-order valence-corrected chi connectivity index (χ4v) is 2.55. The molecule has 2 N–H and O–H groups in total. The number of benzene rings is 2. The zero-order chi connectivity index (χ0) is 19.6. The van der Waals surface area contributed by atoms with E-state index in [1.165, 1.54) is 42.6 Å². The van der Waals surface area contributed by atoms with Crippen LogP contribution in [0.25, 0.3) is 10.9 Å². The molecule has 0 saturated carbocycles. The van der Waals surface area contributed by atoms with Crippen molar-refractivity contribution in [2.75, 3.05) is 0 Å². The van der Waals surface area contributed by atoms with Crippen LogP contribution in [0.3, 0.4) is 0 Å². The molecule has 140 valence electrons. The van der Waals surface area contributed by atoms with Crippen molar-refractivity contribution >= 4 is 22.5 Å². The van der Waals surface area contributed by atoms with Crippen molar-refractivity contribution in [1.82, 2.24) is 10.3 Å². The fraction of sp³-hybridized carbons (Fsp3) is 0.118. The van der Waals surface area contributed by atoms with Gasteiger partial charge >= 0.3 is 6.36 Å². The number of hydrogen-bond donors (Lipinski definition) is 2. The summed E-state index contributed by atoms with van der Waals surface area (Å²) >= 11 is 0. The molecule has 0 aliphatic carbocycles. The molecule has 0 bridgehead atoms. The monoisotopic (exact) mass is 379 g/mol. The van der Waals surface area contributed by atoms with E-state index in [2.05, 4.69) is 15.0 Å². The van der Waals surface area contributed by atoms with E-state index in [0.717, 1.165) is 6.07 Å². The number of non-ortho nitro benzene ring substituents is 1. The van der Waals surface area contributed by atoms with Gasteiger partial charge in [0.2, 0.25) is 0 Å². The number of carbonyl (C=O) groups is 1. The Morgan fingerprint density at radius 3 is 2.67 bits per heavy atom. The maximum Gasteiger partial charge on any atom is 0.573 e. The van der Waals surface area contributed by atoms with Gasteiger partial charge in [-0.15, -0.1) is 13.2 Å². The molecule has 3 aromatic rings. The number of para-hydroxylation sites is 1. The second-order valence-electron chi connectivity index (χ2n) is 5.53. The van der Waals surface area contributed by atoms with Crippen LogP contribution in [-0.2, 0) is 6.54 Å². The van der Waals surface area contributed by atoms with Crippen LogP contribution in [0, 0.1) is 10.1 Å². The number of nitro benzene ring substituents is 1. The third-order valence-corrected chi connectivity index (χ3v) is 3.76. The van der Waals surface area contributed by atoms with E-state index in [1.807, 2.05) is 0 Å². The number of aromatic nitrogens is 1. The van der Waals surface area contributed by atoms with Gasteiger partial charge in [0.15, 0.2) is 0 Å². The number of fused-ring (bicyclic) bond motifs is 1. The molecule has 0 aliphatic heterocycles. The van der Waals surface area contributed by atoms with Gasteiger partial charge < -0.3 is 15.0 Å². The van der Waals surface area contributed by atoms with Crippen molar-refractivity contribution in [3.05, 3.63) is 69.9 Å². The molecule has 7 nitrogen and oxygen atoms in total. The molecule has 0 unspecified atom stereocenters. The first-order chi connectivity index (χ1) is 12.7. The number of nitrogens with zero attached hydrogens (tertiary/aromatic N) is 1. The normalized spacial score (nSPS) is 11.4. The highest BCUT2D eigenvalue weighted by Gasteiger charge is 2.32. The summed E-state index contributed by atoms with van der Waals surface area (Å²) in [5.41, 5.74) is 0.614. The van der Waals surface area contributed by atoms with Gasteiger partial charge in [-0.05, 0) is 12.1 Å². The Labute approximate surface area is 149 Å². The standard InChI is InChI=1S/C17H12F3N3O4/c18-17(19,20)27-15-4-2-1-3-10(15)8-22-16(24)13-9-21-14-6-5-11(23(25)26)7-12(13)14/h1-7,9,21H,8H2,(H,22,24). The molecule has 0 saturated heterocycles. The van der Waals surface area contributed by atoms with Crippen molar-refractivity contribution in [2.24, 2.45) is 0 Å². The van der Waals surface area contributed by atoms with Gasteiger partial charge in [0, 0.05) is 41.3 Å². The Kier molecular flexibility index (Phi) is 4.72. The van der Waals surface area contributed by atoms with Crippen LogP contribution < -0.4 is 10.1 Å². The summed E-state index contributed by atoms with van der Waals surface area (Å²) in [5, 5.41) is 13.7. The van der Waals surface area contributed by atoms with E-state index in [9.17, 15) is 28.1 Å². The number of ether oxygens (including phenoxy) is 1. The molecular formula is C17H12F3N3O4. The minimum Gasteiger partial charge on any atom is -0.405 e. The summed E-state index contributed by atoms with van der Waals surface area (Å²) in [6.07, 6.45) is -3.47. The number of halogens is 3. The summed E-state index contributed by atoms with van der Waals surface area (Å²) < 4.78 is 41.3. The van der Waals surface area contributed by atoms with Gasteiger partial charge in [-0.2, -0.15) is 0 Å². The number of hydrogen-bond acceptors (Lipinski definition) is 4. The summed E-state index contributed by atoms with van der Waals surface area (Å²) in [4.78, 5) is 25.5. The first kappa shape index (κ1) is 18.2. The van der Waals surface area contributed by atoms with E-state index in [0.29, 0.717) is 10.9 Å². The van der Waals surface area contributed by atoms with E-state index in [1.54, 1.807) is 0 Å². The minimum absolute atomic E-state index is 0.133. The Balaban J connectivity index is 1.80. The predicted octanol–water partition coefficient (Wildman–Crippen LogP) is 3.90. The highest BCUT2D eigenvalue weighted by atomic mass is 19.4. The molecule has 0 aliphatic rings. The van der Waals surface area contributed by atoms with Gasteiger partial charge in [-0.3, -0.25) is 14.9 Å². The number of amides is 1. The van der Waals surface area contributed by atoms with Crippen molar-refractivity contribution in [2.45, 2.75) is 12.9 Å². The number of alkyl halides is 3. The third-order valence-electron chi connectivity index (χ3n) is 3.76. The minimum atomic E-state index is -4.85. The van der Waals surface area contributed by atoms with Gasteiger partial charge in [0.1, 0.15) is 5.75 Å². The molecule has 27 heavy (non-hydrogen) atoms. The average Bonchev–Trinajstić information content (AvgIpc) is 3.02. The molecule has 3 rings (SSSR count). The zero-order valence-corrected chi connectivity index (χ0v) is 13.5. The van der Waals surface area contributed by atoms with E-state index in [4.69, 9.17) is 0 Å². The van der Waals surface area contributed by atoms with Crippen LogP contribution in [0.2, 0.25) is 0 Å². The fourth-order valence-electron chi connectivity index (χ4n) is 2.55.